The number of ether oxygens (including phenoxy) is 1. The van der Waals surface area contributed by atoms with E-state index >= 15 is 0 Å². The van der Waals surface area contributed by atoms with Crippen molar-refractivity contribution in [1.82, 2.24) is 15.5 Å². The number of hydrogen-bond donors (Lipinski definition) is 2. The van der Waals surface area contributed by atoms with Gasteiger partial charge in [-0.3, -0.25) is 9.79 Å². The summed E-state index contributed by atoms with van der Waals surface area (Å²) in [7, 11) is 4.05. The molecular formula is C19H37IN4O2. The molecule has 0 aromatic carbocycles. The van der Waals surface area contributed by atoms with Crippen LogP contribution in [0.1, 0.15) is 58.3 Å². The molecule has 2 rings (SSSR count). The Morgan fingerprint density at radius 3 is 2.38 bits per heavy atom. The molecule has 152 valence electrons. The van der Waals surface area contributed by atoms with Gasteiger partial charge in [0.25, 0.3) is 0 Å². The molecular weight excluding hydrogens is 443 g/mol. The van der Waals surface area contributed by atoms with Crippen molar-refractivity contribution in [3.63, 3.8) is 0 Å². The first-order valence-corrected chi connectivity index (χ1v) is 9.98. The number of halogens is 1. The molecule has 2 fully saturated rings. The van der Waals surface area contributed by atoms with Gasteiger partial charge in [-0.25, -0.2) is 0 Å². The third-order valence-electron chi connectivity index (χ3n) is 5.62. The first kappa shape index (κ1) is 23.5. The largest absolute Gasteiger partial charge is 0.466 e. The topological polar surface area (TPSA) is 66.0 Å². The maximum atomic E-state index is 11.8. The van der Waals surface area contributed by atoms with Gasteiger partial charge in [-0.15, -0.1) is 24.0 Å². The number of hydrogen-bond acceptors (Lipinski definition) is 4. The first-order chi connectivity index (χ1) is 12.1. The summed E-state index contributed by atoms with van der Waals surface area (Å²) in [6.45, 7) is 4.29. The van der Waals surface area contributed by atoms with Crippen molar-refractivity contribution in [2.24, 2.45) is 10.9 Å². The Labute approximate surface area is 175 Å². The summed E-state index contributed by atoms with van der Waals surface area (Å²) in [5.74, 6) is 0.922. The van der Waals surface area contributed by atoms with Crippen LogP contribution < -0.4 is 10.6 Å². The predicted molar refractivity (Wildman–Crippen MR) is 117 cm³/mol. The number of nitrogens with zero attached hydrogens (tertiary/aromatic N) is 2. The van der Waals surface area contributed by atoms with E-state index in [2.05, 4.69) is 27.6 Å². The lowest BCUT2D eigenvalue weighted by atomic mass is 9.86. The van der Waals surface area contributed by atoms with Crippen molar-refractivity contribution in [2.45, 2.75) is 70.4 Å². The minimum absolute atomic E-state index is 0. The van der Waals surface area contributed by atoms with Crippen LogP contribution in [0.15, 0.2) is 4.99 Å². The highest BCUT2D eigenvalue weighted by atomic mass is 127. The Bertz CT molecular complexity index is 433. The fourth-order valence-corrected chi connectivity index (χ4v) is 4.00. The quantitative estimate of drug-likeness (QED) is 0.254. The van der Waals surface area contributed by atoms with E-state index in [1.54, 1.807) is 0 Å². The maximum Gasteiger partial charge on any atom is 0.308 e. The second kappa shape index (κ2) is 12.8. The SMILES string of the molecule is CCOC(=O)C1CCC(NC(=NC)NCCN(C)C2CCCC2)CC1.I. The molecule has 0 amide bonds. The standard InChI is InChI=1S/C19H36N4O2.HI/c1-4-25-18(24)15-9-11-16(12-10-15)22-19(20-2)21-13-14-23(3)17-7-5-6-8-17;/h15-17H,4-14H2,1-3H3,(H2,20,21,22);1H. The third-order valence-corrected chi connectivity index (χ3v) is 5.62. The van der Waals surface area contributed by atoms with Crippen molar-refractivity contribution in [1.29, 1.82) is 0 Å². The predicted octanol–water partition coefficient (Wildman–Crippen LogP) is 2.77. The van der Waals surface area contributed by atoms with Crippen LogP contribution in [0.5, 0.6) is 0 Å². The van der Waals surface area contributed by atoms with Gasteiger partial charge >= 0.3 is 5.97 Å². The first-order valence-electron chi connectivity index (χ1n) is 9.98. The van der Waals surface area contributed by atoms with Crippen molar-refractivity contribution < 1.29 is 9.53 Å². The van der Waals surface area contributed by atoms with Crippen molar-refractivity contribution in [2.75, 3.05) is 33.8 Å². The van der Waals surface area contributed by atoms with Gasteiger partial charge in [0.1, 0.15) is 0 Å². The van der Waals surface area contributed by atoms with Crippen LogP contribution in [0.4, 0.5) is 0 Å². The van der Waals surface area contributed by atoms with Gasteiger partial charge in [0.2, 0.25) is 0 Å². The van der Waals surface area contributed by atoms with Gasteiger partial charge in [-0.2, -0.15) is 0 Å². The van der Waals surface area contributed by atoms with Gasteiger partial charge in [0, 0.05) is 32.2 Å². The molecule has 2 saturated carbocycles. The van der Waals surface area contributed by atoms with Crippen molar-refractivity contribution in [3.05, 3.63) is 0 Å². The summed E-state index contributed by atoms with van der Waals surface area (Å²) in [6.07, 6.45) is 9.22. The second-order valence-corrected chi connectivity index (χ2v) is 7.36. The molecule has 0 saturated heterocycles. The Hall–Kier alpha value is -0.570. The summed E-state index contributed by atoms with van der Waals surface area (Å²) in [6, 6.07) is 1.15. The normalized spacial score (nSPS) is 24.2. The Morgan fingerprint density at radius 1 is 1.15 bits per heavy atom. The van der Waals surface area contributed by atoms with Crippen LogP contribution >= 0.6 is 24.0 Å². The van der Waals surface area contributed by atoms with Crippen LogP contribution in [-0.4, -0.2) is 62.7 Å². The van der Waals surface area contributed by atoms with E-state index in [-0.39, 0.29) is 35.9 Å². The number of esters is 1. The molecule has 6 nitrogen and oxygen atoms in total. The average molecular weight is 480 g/mol. The molecule has 0 unspecified atom stereocenters. The number of carbonyl (C=O) groups excluding carboxylic acids is 1. The summed E-state index contributed by atoms with van der Waals surface area (Å²) < 4.78 is 5.14. The summed E-state index contributed by atoms with van der Waals surface area (Å²) in [4.78, 5) is 18.6. The van der Waals surface area contributed by atoms with Crippen LogP contribution in [0, 0.1) is 5.92 Å². The van der Waals surface area contributed by atoms with Crippen LogP contribution in [0.3, 0.4) is 0 Å². The van der Waals surface area contributed by atoms with E-state index in [0.717, 1.165) is 50.8 Å². The van der Waals surface area contributed by atoms with Gasteiger partial charge < -0.3 is 20.3 Å². The number of nitrogens with one attached hydrogen (secondary N) is 2. The van der Waals surface area contributed by atoms with E-state index < -0.39 is 0 Å². The highest BCUT2D eigenvalue weighted by Gasteiger charge is 2.27. The number of guanidine groups is 1. The van der Waals surface area contributed by atoms with Gasteiger partial charge in [0.05, 0.1) is 12.5 Å². The molecule has 0 bridgehead atoms. The number of carbonyl (C=O) groups is 1. The average Bonchev–Trinajstić information content (AvgIpc) is 3.16. The molecule has 0 atom stereocenters. The monoisotopic (exact) mass is 480 g/mol. The van der Waals surface area contributed by atoms with Crippen LogP contribution in [-0.2, 0) is 9.53 Å². The lowest BCUT2D eigenvalue weighted by molar-refractivity contribution is -0.149. The molecule has 2 N–H and O–H groups in total. The zero-order valence-electron chi connectivity index (χ0n) is 16.6. The molecule has 2 aliphatic carbocycles. The van der Waals surface area contributed by atoms with E-state index in [4.69, 9.17) is 4.74 Å². The molecule has 0 aromatic rings. The molecule has 0 radical (unpaired) electrons. The zero-order chi connectivity index (χ0) is 18.1. The second-order valence-electron chi connectivity index (χ2n) is 7.36. The van der Waals surface area contributed by atoms with E-state index in [0.29, 0.717) is 12.6 Å². The number of aliphatic imine (C=N–C) groups is 1. The smallest absolute Gasteiger partial charge is 0.308 e. The number of rotatable bonds is 7. The molecule has 0 aliphatic heterocycles. The fourth-order valence-electron chi connectivity index (χ4n) is 4.00. The van der Waals surface area contributed by atoms with Crippen molar-refractivity contribution >= 4 is 35.9 Å². The molecule has 2 aliphatic rings. The summed E-state index contributed by atoms with van der Waals surface area (Å²) >= 11 is 0. The van der Waals surface area contributed by atoms with Gasteiger partial charge in [-0.05, 0) is 52.5 Å². The lowest BCUT2D eigenvalue weighted by Crippen LogP contribution is -2.47. The zero-order valence-corrected chi connectivity index (χ0v) is 19.0. The Balaban J connectivity index is 0.00000338. The van der Waals surface area contributed by atoms with Gasteiger partial charge in [0.15, 0.2) is 5.96 Å². The van der Waals surface area contributed by atoms with E-state index in [9.17, 15) is 4.79 Å². The fraction of sp³-hybridized carbons (Fsp3) is 0.895. The van der Waals surface area contributed by atoms with Crippen molar-refractivity contribution in [3.8, 4) is 0 Å². The van der Waals surface area contributed by atoms with E-state index in [1.807, 2.05) is 14.0 Å². The van der Waals surface area contributed by atoms with E-state index in [1.165, 1.54) is 25.7 Å². The molecule has 0 aromatic heterocycles. The van der Waals surface area contributed by atoms with Gasteiger partial charge in [-0.1, -0.05) is 12.8 Å². The molecule has 0 heterocycles. The summed E-state index contributed by atoms with van der Waals surface area (Å²) in [5.41, 5.74) is 0. The lowest BCUT2D eigenvalue weighted by Gasteiger charge is -2.29. The Morgan fingerprint density at radius 2 is 1.81 bits per heavy atom. The Kier molecular flexibility index (Phi) is 11.5. The van der Waals surface area contributed by atoms with Crippen LogP contribution in [0.2, 0.25) is 0 Å². The summed E-state index contributed by atoms with van der Waals surface area (Å²) in [5, 5.41) is 6.94. The molecule has 26 heavy (non-hydrogen) atoms. The minimum atomic E-state index is -0.0293. The molecule has 0 spiro atoms. The third kappa shape index (κ3) is 7.58. The maximum absolute atomic E-state index is 11.8. The highest BCUT2D eigenvalue weighted by molar-refractivity contribution is 14.0. The van der Waals surface area contributed by atoms with Crippen LogP contribution in [0.25, 0.3) is 0 Å². The molecule has 7 heteroatoms. The number of likely N-dealkylation sites (N-methyl/N-ethyl adjacent to an activating group) is 1. The minimum Gasteiger partial charge on any atom is -0.466 e. The highest BCUT2D eigenvalue weighted by Crippen LogP contribution is 2.25.